The van der Waals surface area contributed by atoms with Gasteiger partial charge in [-0.2, -0.15) is 0 Å². The third-order valence-corrected chi connectivity index (χ3v) is 3.33. The van der Waals surface area contributed by atoms with Crippen LogP contribution >= 0.6 is 11.6 Å². The fourth-order valence-corrected chi connectivity index (χ4v) is 1.98. The molecule has 0 unspecified atom stereocenters. The van der Waals surface area contributed by atoms with Crippen molar-refractivity contribution in [3.63, 3.8) is 0 Å². The first-order chi connectivity index (χ1) is 8.90. The summed E-state index contributed by atoms with van der Waals surface area (Å²) in [7, 11) is 1.58. The number of amides is 1. The number of carbonyl (C=O) groups excluding carboxylic acids is 1. The lowest BCUT2D eigenvalue weighted by atomic mass is 10.2. The maximum atomic E-state index is 14.0. The van der Waals surface area contributed by atoms with Crippen molar-refractivity contribution in [2.24, 2.45) is 0 Å². The zero-order valence-electron chi connectivity index (χ0n) is 10.5. The number of nitrogens with two attached hydrogens (primary N) is 2. The van der Waals surface area contributed by atoms with Gasteiger partial charge in [0.15, 0.2) is 5.82 Å². The topological polar surface area (TPSA) is 84.4 Å². The predicted molar refractivity (Wildman–Crippen MR) is 74.7 cm³/mol. The third-order valence-electron chi connectivity index (χ3n) is 2.94. The zero-order valence-corrected chi connectivity index (χ0v) is 11.3. The highest BCUT2D eigenvalue weighted by molar-refractivity contribution is 6.33. The minimum absolute atomic E-state index is 0.0118. The Balaban J connectivity index is 2.15. The number of nitrogen functional groups attached to an aromatic ring is 2. The number of rotatable bonds is 4. The van der Waals surface area contributed by atoms with Crippen LogP contribution in [0.3, 0.4) is 0 Å². The Morgan fingerprint density at radius 2 is 2.16 bits per heavy atom. The Hall–Kier alpha value is -1.69. The van der Waals surface area contributed by atoms with Crippen molar-refractivity contribution in [3.05, 3.63) is 16.9 Å². The van der Waals surface area contributed by atoms with Crippen LogP contribution < -0.4 is 21.7 Å². The zero-order chi connectivity index (χ0) is 14.2. The number of halogens is 2. The summed E-state index contributed by atoms with van der Waals surface area (Å²) >= 11 is 5.75. The van der Waals surface area contributed by atoms with Gasteiger partial charge in [-0.05, 0) is 18.9 Å². The number of nitrogens with one attached hydrogen (secondary N) is 1. The van der Waals surface area contributed by atoms with Crippen molar-refractivity contribution in [1.82, 2.24) is 5.32 Å². The summed E-state index contributed by atoms with van der Waals surface area (Å²) in [5.74, 6) is -0.877. The van der Waals surface area contributed by atoms with E-state index in [0.717, 1.165) is 12.8 Å². The van der Waals surface area contributed by atoms with Gasteiger partial charge < -0.3 is 21.7 Å². The van der Waals surface area contributed by atoms with E-state index in [4.69, 9.17) is 23.1 Å². The monoisotopic (exact) mass is 286 g/mol. The van der Waals surface area contributed by atoms with Crippen molar-refractivity contribution in [1.29, 1.82) is 0 Å². The van der Waals surface area contributed by atoms with E-state index >= 15 is 0 Å². The summed E-state index contributed by atoms with van der Waals surface area (Å²) in [5.41, 5.74) is 11.6. The number of likely N-dealkylation sites (N-methyl/N-ethyl adjacent to an activating group) is 1. The molecule has 1 saturated carbocycles. The molecule has 1 aliphatic rings. The van der Waals surface area contributed by atoms with E-state index in [0.29, 0.717) is 0 Å². The van der Waals surface area contributed by atoms with Gasteiger partial charge in [0.05, 0.1) is 23.6 Å². The molecule has 0 spiro atoms. The number of anilines is 3. The first kappa shape index (κ1) is 13.7. The normalized spacial score (nSPS) is 14.3. The SMILES string of the molecule is CN(CC(=O)NC1CC1)c1c(N)cc(N)c(Cl)c1F. The van der Waals surface area contributed by atoms with Gasteiger partial charge in [0.2, 0.25) is 5.91 Å². The molecule has 1 aromatic rings. The molecule has 0 heterocycles. The predicted octanol–water partition coefficient (Wildman–Crippen LogP) is 1.36. The molecule has 0 aromatic heterocycles. The molecule has 5 N–H and O–H groups in total. The van der Waals surface area contributed by atoms with Crippen LogP contribution in [0.1, 0.15) is 12.8 Å². The van der Waals surface area contributed by atoms with E-state index < -0.39 is 5.82 Å². The Labute approximate surface area is 115 Å². The summed E-state index contributed by atoms with van der Waals surface area (Å²) in [6.45, 7) is 0.0118. The molecule has 0 aliphatic heterocycles. The van der Waals surface area contributed by atoms with Crippen LogP contribution in [-0.2, 0) is 4.79 Å². The summed E-state index contributed by atoms with van der Waals surface area (Å²) in [5, 5.41) is 2.64. The highest BCUT2D eigenvalue weighted by Crippen LogP contribution is 2.35. The van der Waals surface area contributed by atoms with E-state index in [-0.39, 0.29) is 40.6 Å². The van der Waals surface area contributed by atoms with Crippen molar-refractivity contribution in [2.75, 3.05) is 30.0 Å². The smallest absolute Gasteiger partial charge is 0.239 e. The molecule has 1 aliphatic carbocycles. The van der Waals surface area contributed by atoms with E-state index in [1.54, 1.807) is 7.05 Å². The van der Waals surface area contributed by atoms with Crippen LogP contribution in [0.15, 0.2) is 6.07 Å². The number of nitrogens with zero attached hydrogens (tertiary/aromatic N) is 1. The quantitative estimate of drug-likeness (QED) is 0.730. The lowest BCUT2D eigenvalue weighted by molar-refractivity contribution is -0.119. The number of carbonyl (C=O) groups is 1. The van der Waals surface area contributed by atoms with Crippen LogP contribution in [0.2, 0.25) is 5.02 Å². The Morgan fingerprint density at radius 3 is 2.74 bits per heavy atom. The lowest BCUT2D eigenvalue weighted by Crippen LogP contribution is -2.36. The average Bonchev–Trinajstić information content (AvgIpc) is 3.09. The van der Waals surface area contributed by atoms with Gasteiger partial charge in [0.1, 0.15) is 5.02 Å². The second-order valence-electron chi connectivity index (χ2n) is 4.73. The molecular formula is C12H16ClFN4O. The summed E-state index contributed by atoms with van der Waals surface area (Å²) < 4.78 is 14.0. The molecule has 0 radical (unpaired) electrons. The molecule has 0 atom stereocenters. The van der Waals surface area contributed by atoms with Gasteiger partial charge >= 0.3 is 0 Å². The molecule has 104 valence electrons. The van der Waals surface area contributed by atoms with Crippen molar-refractivity contribution >= 4 is 34.6 Å². The van der Waals surface area contributed by atoms with Crippen molar-refractivity contribution in [3.8, 4) is 0 Å². The van der Waals surface area contributed by atoms with Gasteiger partial charge in [0.25, 0.3) is 0 Å². The second-order valence-corrected chi connectivity index (χ2v) is 5.11. The van der Waals surface area contributed by atoms with Gasteiger partial charge in [-0.15, -0.1) is 0 Å². The highest BCUT2D eigenvalue weighted by Gasteiger charge is 2.25. The van der Waals surface area contributed by atoms with Crippen LogP contribution in [0, 0.1) is 5.82 Å². The molecule has 1 fully saturated rings. The molecule has 19 heavy (non-hydrogen) atoms. The minimum Gasteiger partial charge on any atom is -0.397 e. The largest absolute Gasteiger partial charge is 0.397 e. The van der Waals surface area contributed by atoms with E-state index in [1.807, 2.05) is 0 Å². The number of hydrogen-bond donors (Lipinski definition) is 3. The fraction of sp³-hybridized carbons (Fsp3) is 0.417. The van der Waals surface area contributed by atoms with Crippen LogP contribution in [0.5, 0.6) is 0 Å². The Kier molecular flexibility index (Phi) is 3.71. The molecule has 1 amide bonds. The second kappa shape index (κ2) is 5.13. The maximum Gasteiger partial charge on any atom is 0.239 e. The van der Waals surface area contributed by atoms with Gasteiger partial charge in [0, 0.05) is 13.1 Å². The highest BCUT2D eigenvalue weighted by atomic mass is 35.5. The van der Waals surface area contributed by atoms with E-state index in [1.165, 1.54) is 11.0 Å². The molecular weight excluding hydrogens is 271 g/mol. The molecule has 0 saturated heterocycles. The summed E-state index contributed by atoms with van der Waals surface area (Å²) in [6, 6.07) is 1.65. The minimum atomic E-state index is -0.708. The molecule has 0 bridgehead atoms. The maximum absolute atomic E-state index is 14.0. The first-order valence-electron chi connectivity index (χ1n) is 5.93. The van der Waals surface area contributed by atoms with Crippen LogP contribution in [0.25, 0.3) is 0 Å². The summed E-state index contributed by atoms with van der Waals surface area (Å²) in [4.78, 5) is 13.1. The number of hydrogen-bond acceptors (Lipinski definition) is 4. The van der Waals surface area contributed by atoms with Gasteiger partial charge in [-0.3, -0.25) is 4.79 Å². The van der Waals surface area contributed by atoms with Crippen LogP contribution in [-0.4, -0.2) is 25.5 Å². The molecule has 5 nitrogen and oxygen atoms in total. The van der Waals surface area contributed by atoms with Gasteiger partial charge in [-0.1, -0.05) is 11.6 Å². The van der Waals surface area contributed by atoms with E-state index in [2.05, 4.69) is 5.32 Å². The Morgan fingerprint density at radius 1 is 1.53 bits per heavy atom. The standard InChI is InChI=1S/C12H16ClFN4O/c1-18(5-9(19)17-6-2-3-6)12-8(16)4-7(15)10(13)11(12)14/h4,6H,2-3,5,15-16H2,1H3,(H,17,19). The van der Waals surface area contributed by atoms with E-state index in [9.17, 15) is 9.18 Å². The van der Waals surface area contributed by atoms with Gasteiger partial charge in [-0.25, -0.2) is 4.39 Å². The third kappa shape index (κ3) is 3.01. The van der Waals surface area contributed by atoms with Crippen LogP contribution in [0.4, 0.5) is 21.5 Å². The Bertz CT molecular complexity index is 519. The molecule has 7 heteroatoms. The number of benzene rings is 1. The first-order valence-corrected chi connectivity index (χ1v) is 6.31. The molecule has 1 aromatic carbocycles. The lowest BCUT2D eigenvalue weighted by Gasteiger charge is -2.22. The van der Waals surface area contributed by atoms with Crippen molar-refractivity contribution in [2.45, 2.75) is 18.9 Å². The average molecular weight is 287 g/mol. The molecule has 2 rings (SSSR count). The fourth-order valence-electron chi connectivity index (χ4n) is 1.84. The summed E-state index contributed by atoms with van der Waals surface area (Å²) in [6.07, 6.45) is 2.00. The van der Waals surface area contributed by atoms with Crippen molar-refractivity contribution < 1.29 is 9.18 Å².